The molecule has 1 saturated carbocycles. The molecule has 2 N–H and O–H groups in total. The minimum absolute atomic E-state index is 0.610. The monoisotopic (exact) mass is 211 g/mol. The van der Waals surface area contributed by atoms with E-state index < -0.39 is 0 Å². The second kappa shape index (κ2) is 4.40. The fraction of sp³-hybridized carbons (Fsp3) is 1.00. The predicted molar refractivity (Wildman–Crippen MR) is 63.9 cm³/mol. The first kappa shape index (κ1) is 11.4. The summed E-state index contributed by atoms with van der Waals surface area (Å²) in [5, 5.41) is 0. The van der Waals surface area contributed by atoms with Crippen LogP contribution in [0.3, 0.4) is 0 Å². The van der Waals surface area contributed by atoms with Crippen LogP contribution in [-0.4, -0.2) is 55.6 Å². The van der Waals surface area contributed by atoms with E-state index >= 15 is 0 Å². The van der Waals surface area contributed by atoms with Crippen molar-refractivity contribution in [2.75, 3.05) is 39.8 Å². The Bertz CT molecular complexity index is 213. The molecule has 3 heteroatoms. The Morgan fingerprint density at radius 2 is 2.07 bits per heavy atom. The predicted octanol–water partition coefficient (Wildman–Crippen LogP) is 0.751. The molecule has 0 aromatic rings. The molecule has 1 aliphatic carbocycles. The normalized spacial score (nSPS) is 31.8. The lowest BCUT2D eigenvalue weighted by Crippen LogP contribution is -2.52. The molecular weight excluding hydrogens is 186 g/mol. The summed E-state index contributed by atoms with van der Waals surface area (Å²) in [5.41, 5.74) is 6.30. The average molecular weight is 211 g/mol. The van der Waals surface area contributed by atoms with Gasteiger partial charge >= 0.3 is 0 Å². The fourth-order valence-electron chi connectivity index (χ4n) is 2.81. The highest BCUT2D eigenvalue weighted by atomic mass is 15.3. The summed E-state index contributed by atoms with van der Waals surface area (Å²) in [6.07, 6.45) is 4.04. The van der Waals surface area contributed by atoms with Crippen molar-refractivity contribution >= 4 is 0 Å². The molecule has 1 atom stereocenters. The van der Waals surface area contributed by atoms with Crippen molar-refractivity contribution in [1.82, 2.24) is 9.80 Å². The largest absolute Gasteiger partial charge is 0.330 e. The van der Waals surface area contributed by atoms with Crippen LogP contribution in [0, 0.1) is 5.41 Å². The number of hydrogen-bond donors (Lipinski definition) is 1. The Kier molecular flexibility index (Phi) is 3.33. The van der Waals surface area contributed by atoms with Gasteiger partial charge in [0.1, 0.15) is 0 Å². The van der Waals surface area contributed by atoms with Crippen LogP contribution >= 0.6 is 0 Å². The molecule has 1 aliphatic heterocycles. The molecule has 2 rings (SSSR count). The molecule has 1 unspecified atom stereocenters. The molecule has 0 radical (unpaired) electrons. The maximum atomic E-state index is 5.69. The van der Waals surface area contributed by atoms with E-state index in [1.54, 1.807) is 0 Å². The molecule has 88 valence electrons. The van der Waals surface area contributed by atoms with Gasteiger partial charge in [-0.15, -0.1) is 0 Å². The van der Waals surface area contributed by atoms with Crippen LogP contribution in [-0.2, 0) is 0 Å². The van der Waals surface area contributed by atoms with E-state index in [0.29, 0.717) is 5.41 Å². The first-order chi connectivity index (χ1) is 7.15. The summed E-state index contributed by atoms with van der Waals surface area (Å²) in [6.45, 7) is 8.20. The Hall–Kier alpha value is -0.120. The van der Waals surface area contributed by atoms with Gasteiger partial charge in [0.15, 0.2) is 0 Å². The minimum Gasteiger partial charge on any atom is -0.330 e. The Morgan fingerprint density at radius 1 is 1.33 bits per heavy atom. The summed E-state index contributed by atoms with van der Waals surface area (Å²) < 4.78 is 0. The van der Waals surface area contributed by atoms with Gasteiger partial charge in [-0.05, 0) is 45.2 Å². The van der Waals surface area contributed by atoms with Crippen LogP contribution in [0.4, 0.5) is 0 Å². The van der Waals surface area contributed by atoms with Crippen molar-refractivity contribution in [2.24, 2.45) is 11.1 Å². The molecule has 1 saturated heterocycles. The first-order valence-corrected chi connectivity index (χ1v) is 6.28. The molecule has 2 aliphatic rings. The zero-order chi connectivity index (χ0) is 10.9. The third-order valence-electron chi connectivity index (χ3n) is 4.14. The standard InChI is InChI=1S/C12H25N3/c1-11-9-14(2)7-8-15(11)10-12(3-4-12)5-6-13/h11H,3-10,13H2,1-2H3. The summed E-state index contributed by atoms with van der Waals surface area (Å²) in [6, 6.07) is 0.721. The second-order valence-electron chi connectivity index (χ2n) is 5.62. The van der Waals surface area contributed by atoms with Gasteiger partial charge in [0.25, 0.3) is 0 Å². The zero-order valence-electron chi connectivity index (χ0n) is 10.2. The molecule has 0 bridgehead atoms. The Balaban J connectivity index is 1.84. The van der Waals surface area contributed by atoms with Crippen LogP contribution in [0.2, 0.25) is 0 Å². The second-order valence-corrected chi connectivity index (χ2v) is 5.62. The van der Waals surface area contributed by atoms with Gasteiger partial charge in [-0.1, -0.05) is 0 Å². The van der Waals surface area contributed by atoms with Crippen LogP contribution in [0.5, 0.6) is 0 Å². The minimum atomic E-state index is 0.610. The van der Waals surface area contributed by atoms with E-state index in [1.165, 1.54) is 45.4 Å². The molecule has 0 spiro atoms. The topological polar surface area (TPSA) is 32.5 Å². The Labute approximate surface area is 93.6 Å². The quantitative estimate of drug-likeness (QED) is 0.745. The fourth-order valence-corrected chi connectivity index (χ4v) is 2.81. The van der Waals surface area contributed by atoms with Crippen molar-refractivity contribution in [3.8, 4) is 0 Å². The molecule has 1 heterocycles. The zero-order valence-corrected chi connectivity index (χ0v) is 10.2. The summed E-state index contributed by atoms with van der Waals surface area (Å²) in [5.74, 6) is 0. The van der Waals surface area contributed by atoms with E-state index in [9.17, 15) is 0 Å². The van der Waals surface area contributed by atoms with Gasteiger partial charge in [0, 0.05) is 32.2 Å². The molecule has 0 amide bonds. The van der Waals surface area contributed by atoms with Gasteiger partial charge in [-0.25, -0.2) is 0 Å². The number of nitrogens with zero attached hydrogens (tertiary/aromatic N) is 2. The molecule has 3 nitrogen and oxygen atoms in total. The van der Waals surface area contributed by atoms with Gasteiger partial charge in [0.05, 0.1) is 0 Å². The lowest BCUT2D eigenvalue weighted by atomic mass is 10.0. The third kappa shape index (κ3) is 2.71. The molecule has 0 aromatic carbocycles. The van der Waals surface area contributed by atoms with Crippen LogP contribution < -0.4 is 5.73 Å². The van der Waals surface area contributed by atoms with Crippen molar-refractivity contribution in [1.29, 1.82) is 0 Å². The highest BCUT2D eigenvalue weighted by molar-refractivity contribution is 4.97. The molecular formula is C12H25N3. The number of rotatable bonds is 4. The van der Waals surface area contributed by atoms with E-state index in [2.05, 4.69) is 23.8 Å². The van der Waals surface area contributed by atoms with Crippen LogP contribution in [0.1, 0.15) is 26.2 Å². The summed E-state index contributed by atoms with van der Waals surface area (Å²) in [7, 11) is 2.22. The number of hydrogen-bond acceptors (Lipinski definition) is 3. The smallest absolute Gasteiger partial charge is 0.0195 e. The highest BCUT2D eigenvalue weighted by Gasteiger charge is 2.43. The number of nitrogens with two attached hydrogens (primary N) is 1. The summed E-state index contributed by atoms with van der Waals surface area (Å²) in [4.78, 5) is 5.10. The van der Waals surface area contributed by atoms with Gasteiger partial charge in [0.2, 0.25) is 0 Å². The van der Waals surface area contributed by atoms with E-state index in [0.717, 1.165) is 12.6 Å². The SMILES string of the molecule is CC1CN(C)CCN1CC1(CCN)CC1. The van der Waals surface area contributed by atoms with Crippen LogP contribution in [0.15, 0.2) is 0 Å². The maximum absolute atomic E-state index is 5.69. The van der Waals surface area contributed by atoms with Crippen molar-refractivity contribution in [3.05, 3.63) is 0 Å². The lowest BCUT2D eigenvalue weighted by molar-refractivity contribution is 0.0789. The highest BCUT2D eigenvalue weighted by Crippen LogP contribution is 2.49. The summed E-state index contributed by atoms with van der Waals surface area (Å²) >= 11 is 0. The molecule has 15 heavy (non-hydrogen) atoms. The van der Waals surface area contributed by atoms with E-state index in [1.807, 2.05) is 0 Å². The maximum Gasteiger partial charge on any atom is 0.0195 e. The third-order valence-corrected chi connectivity index (χ3v) is 4.14. The first-order valence-electron chi connectivity index (χ1n) is 6.28. The average Bonchev–Trinajstić information content (AvgIpc) is 2.91. The molecule has 0 aromatic heterocycles. The van der Waals surface area contributed by atoms with Crippen molar-refractivity contribution < 1.29 is 0 Å². The van der Waals surface area contributed by atoms with Gasteiger partial charge < -0.3 is 10.6 Å². The van der Waals surface area contributed by atoms with E-state index in [4.69, 9.17) is 5.73 Å². The van der Waals surface area contributed by atoms with Gasteiger partial charge in [-0.2, -0.15) is 0 Å². The van der Waals surface area contributed by atoms with Crippen molar-refractivity contribution in [3.63, 3.8) is 0 Å². The lowest BCUT2D eigenvalue weighted by Gasteiger charge is -2.40. The van der Waals surface area contributed by atoms with Crippen molar-refractivity contribution in [2.45, 2.75) is 32.2 Å². The van der Waals surface area contributed by atoms with Crippen LogP contribution in [0.25, 0.3) is 0 Å². The van der Waals surface area contributed by atoms with E-state index in [-0.39, 0.29) is 0 Å². The Morgan fingerprint density at radius 3 is 2.60 bits per heavy atom. The molecule has 2 fully saturated rings. The van der Waals surface area contributed by atoms with Gasteiger partial charge in [-0.3, -0.25) is 4.90 Å². The number of likely N-dealkylation sites (N-methyl/N-ethyl adjacent to an activating group) is 1. The number of piperazine rings is 1.